The Morgan fingerprint density at radius 1 is 1.03 bits per heavy atom. The molecule has 0 bridgehead atoms. The van der Waals surface area contributed by atoms with Crippen molar-refractivity contribution in [1.29, 1.82) is 0 Å². The van der Waals surface area contributed by atoms with Gasteiger partial charge in [0.05, 0.1) is 10.6 Å². The highest BCUT2D eigenvalue weighted by atomic mass is 32.2. The predicted octanol–water partition coefficient (Wildman–Crippen LogP) is 3.84. The molecule has 3 aromatic carbocycles. The lowest BCUT2D eigenvalue weighted by Gasteiger charge is -2.27. The van der Waals surface area contributed by atoms with Gasteiger partial charge in [-0.15, -0.1) is 0 Å². The Kier molecular flexibility index (Phi) is 10.1. The lowest BCUT2D eigenvalue weighted by molar-refractivity contribution is -0.122. The minimum atomic E-state index is -4.00. The number of sulfonamides is 1. The second-order valence-electron chi connectivity index (χ2n) is 9.27. The van der Waals surface area contributed by atoms with Crippen molar-refractivity contribution in [2.75, 3.05) is 29.8 Å². The molecule has 1 aliphatic heterocycles. The molecule has 0 aliphatic carbocycles. The number of unbranched alkanes of at least 4 members (excludes halogenated alkanes) is 3. The van der Waals surface area contributed by atoms with Crippen molar-refractivity contribution in [3.05, 3.63) is 66.2 Å². The first-order chi connectivity index (χ1) is 18.3. The van der Waals surface area contributed by atoms with Gasteiger partial charge in [0.2, 0.25) is 12.3 Å². The van der Waals surface area contributed by atoms with E-state index in [1.807, 2.05) is 61.5 Å². The maximum Gasteiger partial charge on any atom is 0.265 e. The third-order valence-electron chi connectivity index (χ3n) is 6.49. The van der Waals surface area contributed by atoms with E-state index in [-0.39, 0.29) is 17.2 Å². The molecular formula is C28H36N4O5S. The van der Waals surface area contributed by atoms with Crippen molar-refractivity contribution in [3.63, 3.8) is 0 Å². The molecule has 3 aromatic rings. The van der Waals surface area contributed by atoms with Crippen LogP contribution in [0.4, 0.5) is 11.4 Å². The largest absolute Gasteiger partial charge is 0.377 e. The van der Waals surface area contributed by atoms with Gasteiger partial charge in [-0.1, -0.05) is 68.7 Å². The standard InChI is InChI=1S/C27H33N3O3S.CH3NO2/c1-4-5-6-9-18-28-27(31)25-19-20-12-7-8-15-23(20)30(25)34(32,33)26-17-11-13-21-22(26)14-10-16-24(21)29(2)3;3-1-2-4/h7-8,10-17,25H,4-6,9,18-19H2,1-3H3,(H,28,31);1,4H,(H,2,3). The van der Waals surface area contributed by atoms with Crippen LogP contribution in [0.25, 0.3) is 10.8 Å². The SMILES string of the molecule is CCCCCCNC(=O)C1Cc2ccccc2N1S(=O)(=O)c1cccc2c(N(C)C)cccc12.O=CNO. The fourth-order valence-corrected chi connectivity index (χ4v) is 6.58. The van der Waals surface area contributed by atoms with E-state index in [9.17, 15) is 13.2 Å². The van der Waals surface area contributed by atoms with Crippen LogP contribution in [0.15, 0.2) is 65.6 Å². The molecule has 3 N–H and O–H groups in total. The van der Waals surface area contributed by atoms with Gasteiger partial charge in [0.1, 0.15) is 6.04 Å². The minimum Gasteiger partial charge on any atom is -0.377 e. The molecule has 0 spiro atoms. The summed E-state index contributed by atoms with van der Waals surface area (Å²) in [5.41, 5.74) is 3.64. The second kappa shape index (κ2) is 13.3. The molecule has 38 heavy (non-hydrogen) atoms. The third kappa shape index (κ3) is 6.25. The zero-order chi connectivity index (χ0) is 27.7. The van der Waals surface area contributed by atoms with Gasteiger partial charge in [0, 0.05) is 43.5 Å². The van der Waals surface area contributed by atoms with Gasteiger partial charge >= 0.3 is 0 Å². The summed E-state index contributed by atoms with van der Waals surface area (Å²) in [5.74, 6) is -0.245. The van der Waals surface area contributed by atoms with Crippen LogP contribution >= 0.6 is 0 Å². The molecule has 0 radical (unpaired) electrons. The van der Waals surface area contributed by atoms with Gasteiger partial charge in [-0.3, -0.25) is 19.1 Å². The van der Waals surface area contributed by atoms with Gasteiger partial charge in [0.15, 0.2) is 0 Å². The van der Waals surface area contributed by atoms with Gasteiger partial charge in [-0.2, -0.15) is 0 Å². The number of fused-ring (bicyclic) bond motifs is 2. The van der Waals surface area contributed by atoms with Crippen LogP contribution in [-0.2, 0) is 26.0 Å². The lowest BCUT2D eigenvalue weighted by Crippen LogP contribution is -2.48. The molecule has 0 saturated heterocycles. The molecule has 204 valence electrons. The fraction of sp³-hybridized carbons (Fsp3) is 0.357. The van der Waals surface area contributed by atoms with Crippen LogP contribution in [0.1, 0.15) is 38.2 Å². The molecule has 1 unspecified atom stereocenters. The molecule has 1 aliphatic rings. The maximum atomic E-state index is 14.2. The van der Waals surface area contributed by atoms with Gasteiger partial charge in [-0.05, 0) is 30.2 Å². The van der Waals surface area contributed by atoms with E-state index in [1.54, 1.807) is 18.2 Å². The predicted molar refractivity (Wildman–Crippen MR) is 150 cm³/mol. The summed E-state index contributed by atoms with van der Waals surface area (Å²) >= 11 is 0. The first-order valence-electron chi connectivity index (χ1n) is 12.7. The number of anilines is 2. The fourth-order valence-electron chi connectivity index (χ4n) is 4.72. The van der Waals surface area contributed by atoms with Crippen molar-refractivity contribution < 1.29 is 23.2 Å². The molecule has 0 fully saturated rings. The van der Waals surface area contributed by atoms with Crippen LogP contribution in [0.2, 0.25) is 0 Å². The number of rotatable bonds is 10. The highest BCUT2D eigenvalue weighted by molar-refractivity contribution is 7.93. The molecule has 0 aromatic heterocycles. The third-order valence-corrected chi connectivity index (χ3v) is 8.37. The smallest absolute Gasteiger partial charge is 0.265 e. The Morgan fingerprint density at radius 2 is 1.71 bits per heavy atom. The van der Waals surface area contributed by atoms with E-state index in [0.717, 1.165) is 42.3 Å². The van der Waals surface area contributed by atoms with E-state index < -0.39 is 16.1 Å². The van der Waals surface area contributed by atoms with Crippen LogP contribution in [0, 0.1) is 0 Å². The Morgan fingerprint density at radius 3 is 2.39 bits per heavy atom. The number of carbonyl (C=O) groups is 2. The van der Waals surface area contributed by atoms with Gasteiger partial charge in [-0.25, -0.2) is 13.9 Å². The van der Waals surface area contributed by atoms with Crippen molar-refractivity contribution in [2.45, 2.75) is 50.0 Å². The maximum absolute atomic E-state index is 14.2. The summed E-state index contributed by atoms with van der Waals surface area (Å²) in [6.07, 6.45) is 4.74. The summed E-state index contributed by atoms with van der Waals surface area (Å²) in [4.78, 5) is 24.2. The van der Waals surface area contributed by atoms with Crippen LogP contribution in [0.3, 0.4) is 0 Å². The summed E-state index contributed by atoms with van der Waals surface area (Å²) < 4.78 is 29.6. The highest BCUT2D eigenvalue weighted by Gasteiger charge is 2.42. The number of hydrogen-bond acceptors (Lipinski definition) is 6. The highest BCUT2D eigenvalue weighted by Crippen LogP contribution is 2.39. The van der Waals surface area contributed by atoms with Crippen molar-refractivity contribution in [2.24, 2.45) is 0 Å². The monoisotopic (exact) mass is 540 g/mol. The molecule has 1 atom stereocenters. The summed E-state index contributed by atoms with van der Waals surface area (Å²) in [7, 11) is -0.125. The molecule has 2 amide bonds. The van der Waals surface area contributed by atoms with E-state index >= 15 is 0 Å². The first-order valence-corrected chi connectivity index (χ1v) is 14.1. The average Bonchev–Trinajstić information content (AvgIpc) is 3.33. The van der Waals surface area contributed by atoms with Crippen LogP contribution in [-0.4, -0.2) is 52.6 Å². The van der Waals surface area contributed by atoms with Gasteiger partial charge in [0.25, 0.3) is 10.0 Å². The van der Waals surface area contributed by atoms with Crippen LogP contribution < -0.4 is 20.0 Å². The zero-order valence-corrected chi connectivity index (χ0v) is 22.9. The number of benzene rings is 3. The van der Waals surface area contributed by atoms with E-state index in [0.29, 0.717) is 24.0 Å². The summed E-state index contributed by atoms with van der Waals surface area (Å²) in [5, 5.41) is 11.7. The van der Waals surface area contributed by atoms with E-state index in [2.05, 4.69) is 12.2 Å². The first kappa shape index (κ1) is 28.9. The van der Waals surface area contributed by atoms with Crippen molar-refractivity contribution in [1.82, 2.24) is 10.8 Å². The Balaban J connectivity index is 0.000000934. The lowest BCUT2D eigenvalue weighted by atomic mass is 10.1. The summed E-state index contributed by atoms with van der Waals surface area (Å²) in [6, 6.07) is 17.6. The molecular weight excluding hydrogens is 504 g/mol. The number of nitrogens with one attached hydrogen (secondary N) is 2. The number of amides is 2. The number of hydroxylamine groups is 1. The zero-order valence-electron chi connectivity index (χ0n) is 22.1. The van der Waals surface area contributed by atoms with E-state index in [4.69, 9.17) is 10.0 Å². The van der Waals surface area contributed by atoms with Crippen molar-refractivity contribution >= 4 is 44.5 Å². The topological polar surface area (TPSA) is 119 Å². The average molecular weight is 541 g/mol. The summed E-state index contributed by atoms with van der Waals surface area (Å²) in [6.45, 7) is 2.70. The molecule has 0 saturated carbocycles. The molecule has 1 heterocycles. The molecule has 9 nitrogen and oxygen atoms in total. The minimum absolute atomic E-state index is 0.181. The van der Waals surface area contributed by atoms with Crippen molar-refractivity contribution in [3.8, 4) is 0 Å². The Bertz CT molecular complexity index is 1360. The number of carbonyl (C=O) groups excluding carboxylic acids is 2. The number of para-hydroxylation sites is 1. The van der Waals surface area contributed by atoms with Crippen LogP contribution in [0.5, 0.6) is 0 Å². The van der Waals surface area contributed by atoms with Gasteiger partial charge < -0.3 is 10.2 Å². The normalized spacial score (nSPS) is 14.3. The quantitative estimate of drug-likeness (QED) is 0.156. The Hall–Kier alpha value is -3.63. The number of nitrogens with zero attached hydrogens (tertiary/aromatic N) is 2. The number of hydrogen-bond donors (Lipinski definition) is 3. The Labute approximate surface area is 224 Å². The second-order valence-corrected chi connectivity index (χ2v) is 11.1. The molecule has 10 heteroatoms. The van der Waals surface area contributed by atoms with E-state index in [1.165, 1.54) is 9.79 Å². The molecule has 4 rings (SSSR count).